The fraction of sp³-hybridized carbons (Fsp3) is 0.188. The Bertz CT molecular complexity index is 1180. The van der Waals surface area contributed by atoms with Gasteiger partial charge in [-0.25, -0.2) is 14.4 Å². The highest BCUT2D eigenvalue weighted by atomic mass is 19.1. The number of oxazole rings is 1. The van der Waals surface area contributed by atoms with E-state index in [1.54, 1.807) is 14.0 Å². The molecule has 4 aromatic rings. The van der Waals surface area contributed by atoms with E-state index in [4.69, 9.17) is 4.42 Å². The molecule has 0 spiro atoms. The third-order valence-electron chi connectivity index (χ3n) is 3.92. The minimum atomic E-state index is -0.473. The molecule has 0 fully saturated rings. The molecule has 0 unspecified atom stereocenters. The van der Waals surface area contributed by atoms with Gasteiger partial charge in [-0.1, -0.05) is 0 Å². The van der Waals surface area contributed by atoms with Gasteiger partial charge in [0.05, 0.1) is 12.7 Å². The zero-order valence-corrected chi connectivity index (χ0v) is 13.9. The van der Waals surface area contributed by atoms with Crippen LogP contribution in [-0.4, -0.2) is 30.0 Å². The van der Waals surface area contributed by atoms with E-state index in [0.29, 0.717) is 16.7 Å². The summed E-state index contributed by atoms with van der Waals surface area (Å²) in [6.45, 7) is 1.43. The van der Waals surface area contributed by atoms with E-state index < -0.39 is 11.7 Å². The van der Waals surface area contributed by atoms with Crippen molar-refractivity contribution < 1.29 is 13.6 Å². The number of aryl methyl sites for hydroxylation is 2. The lowest BCUT2D eigenvalue weighted by Crippen LogP contribution is -2.23. The molecule has 1 aromatic carbocycles. The molecule has 0 aliphatic carbocycles. The smallest absolute Gasteiger partial charge is 0.302 e. The lowest BCUT2D eigenvalue weighted by molar-refractivity contribution is -0.116. The van der Waals surface area contributed by atoms with E-state index >= 15 is 0 Å². The van der Waals surface area contributed by atoms with E-state index in [2.05, 4.69) is 20.3 Å². The molecule has 132 valence electrons. The average molecular weight is 356 g/mol. The number of benzene rings is 1. The minimum Gasteiger partial charge on any atom is -0.423 e. The normalized spacial score (nSPS) is 11.3. The Morgan fingerprint density at radius 2 is 2.08 bits per heavy atom. The molecule has 0 bridgehead atoms. The number of carbonyl (C=O) groups is 1. The Kier molecular flexibility index (Phi) is 3.53. The number of aromatic nitrogens is 5. The average Bonchev–Trinajstić information content (AvgIpc) is 3.15. The summed E-state index contributed by atoms with van der Waals surface area (Å²) < 4.78 is 21.7. The number of hydrogen-bond donors (Lipinski definition) is 1. The molecule has 0 aliphatic rings. The number of carbonyl (C=O) groups excluding carboxylic acids is 1. The predicted octanol–water partition coefficient (Wildman–Crippen LogP) is 1.36. The molecule has 26 heavy (non-hydrogen) atoms. The summed E-state index contributed by atoms with van der Waals surface area (Å²) >= 11 is 0. The second kappa shape index (κ2) is 5.76. The van der Waals surface area contributed by atoms with Crippen molar-refractivity contribution in [3.8, 4) is 0 Å². The molecule has 9 nitrogen and oxygen atoms in total. The number of rotatable bonds is 3. The number of anilines is 1. The highest BCUT2D eigenvalue weighted by Crippen LogP contribution is 2.22. The summed E-state index contributed by atoms with van der Waals surface area (Å²) in [6, 6.07) is 2.69. The quantitative estimate of drug-likeness (QED) is 0.594. The zero-order valence-electron chi connectivity index (χ0n) is 13.9. The van der Waals surface area contributed by atoms with Crippen molar-refractivity contribution in [2.45, 2.75) is 13.5 Å². The summed E-state index contributed by atoms with van der Waals surface area (Å²) in [5.41, 5.74) is 1.25. The number of nitrogens with one attached hydrogen (secondary N) is 1. The van der Waals surface area contributed by atoms with Crippen molar-refractivity contribution in [1.29, 1.82) is 0 Å². The van der Waals surface area contributed by atoms with Crippen molar-refractivity contribution in [3.05, 3.63) is 46.5 Å². The molecular weight excluding hydrogens is 343 g/mol. The van der Waals surface area contributed by atoms with Crippen molar-refractivity contribution in [1.82, 2.24) is 24.1 Å². The lowest BCUT2D eigenvalue weighted by Gasteiger charge is -2.03. The van der Waals surface area contributed by atoms with Crippen LogP contribution in [0.4, 0.5) is 10.4 Å². The van der Waals surface area contributed by atoms with Crippen molar-refractivity contribution in [2.24, 2.45) is 7.05 Å². The third-order valence-corrected chi connectivity index (χ3v) is 3.92. The Balaban J connectivity index is 1.60. The third kappa shape index (κ3) is 2.61. The van der Waals surface area contributed by atoms with Crippen LogP contribution >= 0.6 is 0 Å². The molecule has 4 rings (SSSR count). The van der Waals surface area contributed by atoms with Crippen LogP contribution in [0.25, 0.3) is 22.3 Å². The number of amides is 1. The lowest BCUT2D eigenvalue weighted by atomic mass is 10.2. The molecule has 10 heteroatoms. The van der Waals surface area contributed by atoms with Crippen LogP contribution in [0.1, 0.15) is 5.56 Å². The van der Waals surface area contributed by atoms with E-state index in [-0.39, 0.29) is 29.3 Å². The van der Waals surface area contributed by atoms with E-state index in [1.165, 1.54) is 33.9 Å². The van der Waals surface area contributed by atoms with Gasteiger partial charge < -0.3 is 13.6 Å². The molecule has 0 saturated carbocycles. The number of hydrogen-bond acceptors (Lipinski definition) is 6. The van der Waals surface area contributed by atoms with Gasteiger partial charge in [-0.2, -0.15) is 4.98 Å². The van der Waals surface area contributed by atoms with Crippen molar-refractivity contribution >= 4 is 34.2 Å². The number of nitrogens with zero attached hydrogens (tertiary/aromatic N) is 5. The van der Waals surface area contributed by atoms with Crippen LogP contribution in [-0.2, 0) is 18.4 Å². The molecule has 0 radical (unpaired) electrons. The first-order chi connectivity index (χ1) is 12.4. The summed E-state index contributed by atoms with van der Waals surface area (Å²) in [6.07, 6.45) is 2.73. The van der Waals surface area contributed by atoms with Crippen LogP contribution in [0, 0.1) is 12.7 Å². The molecular formula is C16H13FN6O3. The van der Waals surface area contributed by atoms with Gasteiger partial charge in [-0.05, 0) is 18.6 Å². The van der Waals surface area contributed by atoms with Gasteiger partial charge in [0.15, 0.2) is 16.7 Å². The fourth-order valence-corrected chi connectivity index (χ4v) is 2.58. The first-order valence-electron chi connectivity index (χ1n) is 7.65. The van der Waals surface area contributed by atoms with Crippen LogP contribution < -0.4 is 10.9 Å². The van der Waals surface area contributed by atoms with Gasteiger partial charge in [0.25, 0.3) is 5.56 Å². The molecule has 0 saturated heterocycles. The Labute approximate surface area is 145 Å². The van der Waals surface area contributed by atoms with Gasteiger partial charge in [0, 0.05) is 13.1 Å². The highest BCUT2D eigenvalue weighted by Gasteiger charge is 2.15. The van der Waals surface area contributed by atoms with Crippen LogP contribution in [0.3, 0.4) is 0 Å². The summed E-state index contributed by atoms with van der Waals surface area (Å²) in [5.74, 6) is -0.879. The van der Waals surface area contributed by atoms with Crippen molar-refractivity contribution in [2.75, 3.05) is 5.32 Å². The van der Waals surface area contributed by atoms with Crippen LogP contribution in [0.15, 0.2) is 34.0 Å². The van der Waals surface area contributed by atoms with E-state index in [0.717, 1.165) is 0 Å². The SMILES string of the molecule is Cc1cc2oc(NC(=O)Cn3cnc4ncn(C)c(=O)c43)nc2cc1F. The molecule has 0 atom stereocenters. The maximum Gasteiger partial charge on any atom is 0.302 e. The van der Waals surface area contributed by atoms with Gasteiger partial charge in [-0.15, -0.1) is 0 Å². The first-order valence-corrected chi connectivity index (χ1v) is 7.65. The van der Waals surface area contributed by atoms with Crippen molar-refractivity contribution in [3.63, 3.8) is 0 Å². The highest BCUT2D eigenvalue weighted by molar-refractivity contribution is 5.90. The predicted molar refractivity (Wildman–Crippen MR) is 90.1 cm³/mol. The van der Waals surface area contributed by atoms with Gasteiger partial charge in [0.2, 0.25) is 5.91 Å². The molecule has 1 amide bonds. The summed E-state index contributed by atoms with van der Waals surface area (Å²) in [4.78, 5) is 36.5. The van der Waals surface area contributed by atoms with E-state index in [9.17, 15) is 14.0 Å². The standard InChI is InChI=1S/C16H13FN6O3/c1-8-3-11-10(4-9(8)17)20-16(26-11)21-12(24)5-23-7-19-14-13(23)15(25)22(2)6-18-14/h3-4,6-7H,5H2,1-2H3,(H,20,21,24). The Morgan fingerprint density at radius 1 is 1.31 bits per heavy atom. The monoisotopic (exact) mass is 356 g/mol. The Morgan fingerprint density at radius 3 is 2.88 bits per heavy atom. The molecule has 0 aliphatic heterocycles. The van der Waals surface area contributed by atoms with Gasteiger partial charge in [-0.3, -0.25) is 14.9 Å². The maximum atomic E-state index is 13.6. The topological polar surface area (TPSA) is 108 Å². The summed E-state index contributed by atoms with van der Waals surface area (Å²) in [5, 5.41) is 2.49. The van der Waals surface area contributed by atoms with Crippen LogP contribution in [0.2, 0.25) is 0 Å². The van der Waals surface area contributed by atoms with Gasteiger partial charge >= 0.3 is 6.01 Å². The number of halogens is 1. The maximum absolute atomic E-state index is 13.6. The molecule has 3 aromatic heterocycles. The van der Waals surface area contributed by atoms with E-state index in [1.807, 2.05) is 0 Å². The number of fused-ring (bicyclic) bond motifs is 2. The minimum absolute atomic E-state index is 0.0505. The van der Waals surface area contributed by atoms with Crippen LogP contribution in [0.5, 0.6) is 0 Å². The second-order valence-electron chi connectivity index (χ2n) is 5.84. The Hall–Kier alpha value is -3.56. The number of imidazole rings is 1. The van der Waals surface area contributed by atoms with Gasteiger partial charge in [0.1, 0.15) is 17.9 Å². The summed E-state index contributed by atoms with van der Waals surface area (Å²) in [7, 11) is 1.56. The molecule has 3 heterocycles. The first kappa shape index (κ1) is 15.9. The second-order valence-corrected chi connectivity index (χ2v) is 5.84. The largest absolute Gasteiger partial charge is 0.423 e. The molecule has 1 N–H and O–H groups in total. The fourth-order valence-electron chi connectivity index (χ4n) is 2.58. The zero-order chi connectivity index (χ0) is 18.4.